The molecule has 26 heavy (non-hydrogen) atoms. The van der Waals surface area contributed by atoms with E-state index in [1.165, 1.54) is 13.1 Å². The van der Waals surface area contributed by atoms with E-state index in [0.717, 1.165) is 0 Å². The molecule has 6 nitrogen and oxygen atoms in total. The third-order valence-electron chi connectivity index (χ3n) is 3.40. The van der Waals surface area contributed by atoms with Crippen LogP contribution in [0.15, 0.2) is 48.5 Å². The summed E-state index contributed by atoms with van der Waals surface area (Å²) in [5.41, 5.74) is 0.948. The van der Waals surface area contributed by atoms with E-state index in [0.29, 0.717) is 21.2 Å². The number of nitrogens with one attached hydrogen (secondary N) is 2. The van der Waals surface area contributed by atoms with E-state index in [2.05, 4.69) is 10.6 Å². The summed E-state index contributed by atoms with van der Waals surface area (Å²) < 4.78 is 5.31. The molecule has 2 aromatic carbocycles. The minimum Gasteiger partial charge on any atom is -0.447 e. The first-order chi connectivity index (χ1) is 12.4. The summed E-state index contributed by atoms with van der Waals surface area (Å²) in [6.45, 7) is 0. The van der Waals surface area contributed by atoms with Crippen molar-refractivity contribution in [1.82, 2.24) is 10.6 Å². The molecule has 0 aliphatic rings. The fraction of sp³-hybridized carbons (Fsp3) is 0.167. The summed E-state index contributed by atoms with van der Waals surface area (Å²) in [4.78, 5) is 36.0. The number of ether oxygens (including phenoxy) is 1. The molecule has 2 aromatic rings. The number of imide groups is 1. The highest BCUT2D eigenvalue weighted by Crippen LogP contribution is 2.23. The molecule has 0 saturated heterocycles. The van der Waals surface area contributed by atoms with E-state index >= 15 is 0 Å². The Morgan fingerprint density at radius 3 is 2.38 bits per heavy atom. The fourth-order valence-corrected chi connectivity index (χ4v) is 2.61. The summed E-state index contributed by atoms with van der Waals surface area (Å²) in [5, 5.41) is 5.14. The lowest BCUT2D eigenvalue weighted by molar-refractivity contribution is -0.155. The molecule has 0 unspecified atom stereocenters. The summed E-state index contributed by atoms with van der Waals surface area (Å²) in [6, 6.07) is 12.4. The number of rotatable bonds is 5. The Morgan fingerprint density at radius 1 is 1.08 bits per heavy atom. The van der Waals surface area contributed by atoms with Gasteiger partial charge in [-0.1, -0.05) is 59.6 Å². The second-order valence-electron chi connectivity index (χ2n) is 5.26. The predicted molar refractivity (Wildman–Crippen MR) is 98.0 cm³/mol. The molecule has 0 aromatic heterocycles. The van der Waals surface area contributed by atoms with Crippen molar-refractivity contribution in [2.24, 2.45) is 0 Å². The molecule has 0 heterocycles. The number of carbonyl (C=O) groups excluding carboxylic acids is 3. The summed E-state index contributed by atoms with van der Waals surface area (Å²) in [7, 11) is 1.37. The number of halogens is 2. The van der Waals surface area contributed by atoms with Crippen LogP contribution in [0.3, 0.4) is 0 Å². The van der Waals surface area contributed by atoms with Gasteiger partial charge in [-0.2, -0.15) is 0 Å². The van der Waals surface area contributed by atoms with E-state index < -0.39 is 24.0 Å². The van der Waals surface area contributed by atoms with Crippen LogP contribution in [-0.2, 0) is 20.7 Å². The van der Waals surface area contributed by atoms with E-state index in [4.69, 9.17) is 27.9 Å². The maximum Gasteiger partial charge on any atom is 0.321 e. The minimum atomic E-state index is -1.27. The lowest BCUT2D eigenvalue weighted by atomic mass is 10.1. The molecule has 3 amide bonds. The van der Waals surface area contributed by atoms with Crippen LogP contribution in [0.25, 0.3) is 0 Å². The van der Waals surface area contributed by atoms with Gasteiger partial charge in [-0.15, -0.1) is 0 Å². The van der Waals surface area contributed by atoms with Crippen molar-refractivity contribution in [2.75, 3.05) is 7.05 Å². The van der Waals surface area contributed by atoms with Gasteiger partial charge in [0, 0.05) is 22.7 Å². The average Bonchev–Trinajstić information content (AvgIpc) is 2.62. The maximum absolute atomic E-state index is 12.3. The van der Waals surface area contributed by atoms with Gasteiger partial charge in [0.2, 0.25) is 6.10 Å². The first-order valence-electron chi connectivity index (χ1n) is 7.61. The van der Waals surface area contributed by atoms with Gasteiger partial charge in [0.15, 0.2) is 0 Å². The van der Waals surface area contributed by atoms with Crippen LogP contribution in [0.2, 0.25) is 10.0 Å². The zero-order valence-corrected chi connectivity index (χ0v) is 15.3. The highest BCUT2D eigenvalue weighted by Gasteiger charge is 2.26. The Hall–Kier alpha value is -2.57. The first kappa shape index (κ1) is 19.8. The summed E-state index contributed by atoms with van der Waals surface area (Å²) >= 11 is 11.9. The van der Waals surface area contributed by atoms with Crippen molar-refractivity contribution in [2.45, 2.75) is 12.5 Å². The maximum atomic E-state index is 12.3. The van der Waals surface area contributed by atoms with Gasteiger partial charge in [0.1, 0.15) is 0 Å². The average molecular weight is 395 g/mol. The zero-order chi connectivity index (χ0) is 19.1. The largest absolute Gasteiger partial charge is 0.447 e. The smallest absolute Gasteiger partial charge is 0.321 e. The number of amides is 3. The standard InChI is InChI=1S/C18H16Cl2N2O4/c1-21-18(25)22-17(24)16(11-5-3-2-4-6-11)26-15(23)9-12-7-8-13(19)10-14(12)20/h2-8,10,16H,9H2,1H3,(H2,21,22,24,25)/t16-/m1/s1. The van der Waals surface area contributed by atoms with Crippen LogP contribution in [-0.4, -0.2) is 25.0 Å². The molecule has 1 atom stereocenters. The second-order valence-corrected chi connectivity index (χ2v) is 6.11. The molecule has 0 bridgehead atoms. The van der Waals surface area contributed by atoms with Crippen LogP contribution in [0.1, 0.15) is 17.2 Å². The molecular weight excluding hydrogens is 379 g/mol. The number of esters is 1. The highest BCUT2D eigenvalue weighted by molar-refractivity contribution is 6.35. The van der Waals surface area contributed by atoms with E-state index in [1.54, 1.807) is 42.5 Å². The SMILES string of the molecule is CNC(=O)NC(=O)[C@H](OC(=O)Cc1ccc(Cl)cc1Cl)c1ccccc1. The van der Waals surface area contributed by atoms with Crippen LogP contribution in [0.4, 0.5) is 4.79 Å². The van der Waals surface area contributed by atoms with Crippen molar-refractivity contribution in [3.63, 3.8) is 0 Å². The molecule has 0 radical (unpaired) electrons. The first-order valence-corrected chi connectivity index (χ1v) is 8.37. The van der Waals surface area contributed by atoms with Crippen LogP contribution < -0.4 is 10.6 Å². The Balaban J connectivity index is 2.16. The monoisotopic (exact) mass is 394 g/mol. The molecule has 0 spiro atoms. The molecule has 0 aliphatic carbocycles. The third kappa shape index (κ3) is 5.47. The van der Waals surface area contributed by atoms with Gasteiger partial charge < -0.3 is 10.1 Å². The highest BCUT2D eigenvalue weighted by atomic mass is 35.5. The fourth-order valence-electron chi connectivity index (χ4n) is 2.13. The number of carbonyl (C=O) groups is 3. The zero-order valence-electron chi connectivity index (χ0n) is 13.8. The van der Waals surface area contributed by atoms with Gasteiger partial charge in [0.25, 0.3) is 5.91 Å². The van der Waals surface area contributed by atoms with Crippen LogP contribution in [0.5, 0.6) is 0 Å². The molecule has 136 valence electrons. The minimum absolute atomic E-state index is 0.146. The summed E-state index contributed by atoms with van der Waals surface area (Å²) in [6.07, 6.45) is -1.42. The molecule has 0 saturated carbocycles. The topological polar surface area (TPSA) is 84.5 Å². The molecule has 2 N–H and O–H groups in total. The Labute approximate surface area is 160 Å². The quantitative estimate of drug-likeness (QED) is 0.762. The predicted octanol–water partition coefficient (Wildman–Crippen LogP) is 3.28. The molecular formula is C18H16Cl2N2O4. The number of hydrogen-bond acceptors (Lipinski definition) is 4. The van der Waals surface area contributed by atoms with Gasteiger partial charge >= 0.3 is 12.0 Å². The Kier molecular flexibility index (Phi) is 7.00. The van der Waals surface area contributed by atoms with Crippen molar-refractivity contribution in [3.8, 4) is 0 Å². The number of benzene rings is 2. The van der Waals surface area contributed by atoms with E-state index in [9.17, 15) is 14.4 Å². The van der Waals surface area contributed by atoms with Crippen molar-refractivity contribution < 1.29 is 19.1 Å². The van der Waals surface area contributed by atoms with Gasteiger partial charge in [0.05, 0.1) is 6.42 Å². The van der Waals surface area contributed by atoms with Crippen molar-refractivity contribution in [1.29, 1.82) is 0 Å². The summed E-state index contributed by atoms with van der Waals surface area (Å²) in [5.74, 6) is -1.43. The second kappa shape index (κ2) is 9.22. The van der Waals surface area contributed by atoms with E-state index in [-0.39, 0.29) is 6.42 Å². The van der Waals surface area contributed by atoms with Gasteiger partial charge in [-0.25, -0.2) is 4.79 Å². The normalized spacial score (nSPS) is 11.3. The molecule has 0 aliphatic heterocycles. The lowest BCUT2D eigenvalue weighted by Crippen LogP contribution is -2.41. The van der Waals surface area contributed by atoms with Gasteiger partial charge in [-0.3, -0.25) is 14.9 Å². The van der Waals surface area contributed by atoms with Crippen LogP contribution in [0, 0.1) is 0 Å². The van der Waals surface area contributed by atoms with Crippen LogP contribution >= 0.6 is 23.2 Å². The molecule has 2 rings (SSSR count). The third-order valence-corrected chi connectivity index (χ3v) is 3.99. The Morgan fingerprint density at radius 2 is 1.77 bits per heavy atom. The van der Waals surface area contributed by atoms with Crippen molar-refractivity contribution >= 4 is 41.1 Å². The lowest BCUT2D eigenvalue weighted by Gasteiger charge is -2.17. The number of hydrogen-bond donors (Lipinski definition) is 2. The molecule has 8 heteroatoms. The molecule has 0 fully saturated rings. The van der Waals surface area contributed by atoms with E-state index in [1.807, 2.05) is 0 Å². The van der Waals surface area contributed by atoms with Gasteiger partial charge in [-0.05, 0) is 17.7 Å². The Bertz CT molecular complexity index is 812. The van der Waals surface area contributed by atoms with Crippen molar-refractivity contribution in [3.05, 3.63) is 69.7 Å². The number of urea groups is 1.